The average molecular weight is 492 g/mol. The molecule has 1 aromatic heterocycles. The lowest BCUT2D eigenvalue weighted by Gasteiger charge is -2.30. The molecule has 0 radical (unpaired) electrons. The molecule has 0 aliphatic carbocycles. The molecule has 0 bridgehead atoms. The van der Waals surface area contributed by atoms with Crippen molar-refractivity contribution in [3.8, 4) is 17.1 Å². The van der Waals surface area contributed by atoms with Crippen LogP contribution in [0.2, 0.25) is 0 Å². The van der Waals surface area contributed by atoms with Crippen LogP contribution in [0.25, 0.3) is 11.4 Å². The van der Waals surface area contributed by atoms with Gasteiger partial charge in [0.2, 0.25) is 21.7 Å². The van der Waals surface area contributed by atoms with Crippen molar-refractivity contribution in [3.63, 3.8) is 0 Å². The topological polar surface area (TPSA) is 85.5 Å². The quantitative estimate of drug-likeness (QED) is 0.505. The van der Waals surface area contributed by atoms with Crippen LogP contribution < -0.4 is 4.74 Å². The first kappa shape index (κ1) is 21.0. The fraction of sp³-hybridized carbons (Fsp3) is 0.333. The van der Waals surface area contributed by atoms with Gasteiger partial charge < -0.3 is 9.26 Å². The van der Waals surface area contributed by atoms with Gasteiger partial charge in [-0.25, -0.2) is 8.42 Å². The van der Waals surface area contributed by atoms with Crippen molar-refractivity contribution in [2.24, 2.45) is 0 Å². The summed E-state index contributed by atoms with van der Waals surface area (Å²) in [4.78, 5) is 4.84. The zero-order chi connectivity index (χ0) is 21.1. The van der Waals surface area contributed by atoms with Gasteiger partial charge in [-0.2, -0.15) is 9.29 Å². The number of hydrogen-bond donors (Lipinski definition) is 0. The Morgan fingerprint density at radius 1 is 1.20 bits per heavy atom. The highest BCUT2D eigenvalue weighted by Gasteiger charge is 2.33. The van der Waals surface area contributed by atoms with Crippen LogP contribution in [-0.2, 0) is 10.0 Å². The third kappa shape index (κ3) is 4.28. The second-order valence-electron chi connectivity index (χ2n) is 7.04. The van der Waals surface area contributed by atoms with E-state index in [-0.39, 0.29) is 10.8 Å². The standard InChI is InChI=1S/C21H22BrN3O4S/c1-2-28-19-8-4-3-7-18(19)20-23-21(29-24-20)15-6-5-13-25(14-15)30(26,27)17-11-9-16(22)10-12-17/h3-4,7-12,15H,2,5-6,13-14H2,1H3/t15-/m1/s1. The summed E-state index contributed by atoms with van der Waals surface area (Å²) in [5, 5.41) is 4.12. The second-order valence-corrected chi connectivity index (χ2v) is 9.90. The van der Waals surface area contributed by atoms with E-state index in [1.807, 2.05) is 31.2 Å². The first-order chi connectivity index (χ1) is 14.5. The van der Waals surface area contributed by atoms with Gasteiger partial charge in [0.15, 0.2) is 0 Å². The summed E-state index contributed by atoms with van der Waals surface area (Å²) < 4.78 is 39.6. The fourth-order valence-corrected chi connectivity index (χ4v) is 5.35. The highest BCUT2D eigenvalue weighted by atomic mass is 79.9. The molecule has 1 aliphatic heterocycles. The molecule has 1 atom stereocenters. The van der Waals surface area contributed by atoms with Crippen LogP contribution in [0.4, 0.5) is 0 Å². The third-order valence-electron chi connectivity index (χ3n) is 5.05. The first-order valence-corrected chi connectivity index (χ1v) is 12.0. The number of halogens is 1. The number of piperidine rings is 1. The molecule has 2 heterocycles. The van der Waals surface area contributed by atoms with Crippen LogP contribution >= 0.6 is 15.9 Å². The monoisotopic (exact) mass is 491 g/mol. The van der Waals surface area contributed by atoms with Gasteiger partial charge in [-0.05, 0) is 56.2 Å². The van der Waals surface area contributed by atoms with Crippen molar-refractivity contribution in [2.45, 2.75) is 30.6 Å². The molecule has 3 aromatic rings. The Bertz CT molecular complexity index is 1120. The number of sulfonamides is 1. The minimum atomic E-state index is -3.58. The Morgan fingerprint density at radius 2 is 1.97 bits per heavy atom. The zero-order valence-electron chi connectivity index (χ0n) is 16.5. The van der Waals surface area contributed by atoms with Gasteiger partial charge in [0.25, 0.3) is 0 Å². The van der Waals surface area contributed by atoms with Crippen molar-refractivity contribution in [2.75, 3.05) is 19.7 Å². The number of rotatable bonds is 6. The van der Waals surface area contributed by atoms with E-state index in [1.54, 1.807) is 24.3 Å². The van der Waals surface area contributed by atoms with E-state index in [1.165, 1.54) is 4.31 Å². The lowest BCUT2D eigenvalue weighted by atomic mass is 10.00. The van der Waals surface area contributed by atoms with E-state index in [2.05, 4.69) is 26.1 Å². The Balaban J connectivity index is 1.55. The third-order valence-corrected chi connectivity index (χ3v) is 7.46. The van der Waals surface area contributed by atoms with Crippen molar-refractivity contribution in [3.05, 3.63) is 58.9 Å². The summed E-state index contributed by atoms with van der Waals surface area (Å²) in [7, 11) is -3.58. The molecular formula is C21H22BrN3O4S. The maximum Gasteiger partial charge on any atom is 0.243 e. The highest BCUT2D eigenvalue weighted by molar-refractivity contribution is 9.10. The van der Waals surface area contributed by atoms with E-state index in [4.69, 9.17) is 9.26 Å². The molecule has 1 aliphatic rings. The van der Waals surface area contributed by atoms with Gasteiger partial charge in [-0.1, -0.05) is 33.2 Å². The molecule has 9 heteroatoms. The number of para-hydroxylation sites is 1. The van der Waals surface area contributed by atoms with Gasteiger partial charge in [-0.3, -0.25) is 0 Å². The lowest BCUT2D eigenvalue weighted by molar-refractivity contribution is 0.265. The van der Waals surface area contributed by atoms with Gasteiger partial charge in [0, 0.05) is 17.6 Å². The van der Waals surface area contributed by atoms with Crippen molar-refractivity contribution in [1.29, 1.82) is 0 Å². The molecule has 1 saturated heterocycles. The number of hydrogen-bond acceptors (Lipinski definition) is 6. The predicted molar refractivity (Wildman–Crippen MR) is 116 cm³/mol. The Hall–Kier alpha value is -2.23. The minimum Gasteiger partial charge on any atom is -0.493 e. The Kier molecular flexibility index (Phi) is 6.21. The number of aromatic nitrogens is 2. The van der Waals surface area contributed by atoms with Gasteiger partial charge >= 0.3 is 0 Å². The molecule has 1 fully saturated rings. The van der Waals surface area contributed by atoms with Gasteiger partial charge in [0.1, 0.15) is 5.75 Å². The number of benzene rings is 2. The zero-order valence-corrected chi connectivity index (χ0v) is 18.9. The summed E-state index contributed by atoms with van der Waals surface area (Å²) in [6.45, 7) is 3.24. The lowest BCUT2D eigenvalue weighted by Crippen LogP contribution is -2.39. The number of nitrogens with zero attached hydrogens (tertiary/aromatic N) is 3. The Morgan fingerprint density at radius 3 is 2.73 bits per heavy atom. The predicted octanol–water partition coefficient (Wildman–Crippen LogP) is 4.47. The van der Waals surface area contributed by atoms with E-state index >= 15 is 0 Å². The molecule has 2 aromatic carbocycles. The molecular weight excluding hydrogens is 470 g/mol. The van der Waals surface area contributed by atoms with E-state index in [0.717, 1.165) is 22.9 Å². The Labute approximate surface area is 184 Å². The molecule has 0 unspecified atom stereocenters. The summed E-state index contributed by atoms with van der Waals surface area (Å²) in [6, 6.07) is 14.2. The summed E-state index contributed by atoms with van der Waals surface area (Å²) in [5.74, 6) is 1.44. The normalized spacial score (nSPS) is 17.7. The maximum absolute atomic E-state index is 13.0. The minimum absolute atomic E-state index is 0.149. The second kappa shape index (κ2) is 8.87. The van der Waals surface area contributed by atoms with Crippen LogP contribution in [-0.4, -0.2) is 42.6 Å². The summed E-state index contributed by atoms with van der Waals surface area (Å²) in [5.41, 5.74) is 0.754. The van der Waals surface area contributed by atoms with Crippen molar-refractivity contribution in [1.82, 2.24) is 14.4 Å². The van der Waals surface area contributed by atoms with Gasteiger partial charge in [0.05, 0.1) is 23.0 Å². The molecule has 4 rings (SSSR count). The molecule has 7 nitrogen and oxygen atoms in total. The SMILES string of the molecule is CCOc1ccccc1-c1noc([C@@H]2CCCN(S(=O)(=O)c3ccc(Br)cc3)C2)n1. The molecule has 0 saturated carbocycles. The van der Waals surface area contributed by atoms with Crippen molar-refractivity contribution < 1.29 is 17.7 Å². The smallest absolute Gasteiger partial charge is 0.243 e. The first-order valence-electron chi connectivity index (χ1n) is 9.80. The molecule has 0 N–H and O–H groups in total. The molecule has 158 valence electrons. The van der Waals surface area contributed by atoms with Crippen LogP contribution in [0.5, 0.6) is 5.75 Å². The molecule has 0 amide bonds. The van der Waals surface area contributed by atoms with Crippen LogP contribution in [0, 0.1) is 0 Å². The van der Waals surface area contributed by atoms with Crippen LogP contribution in [0.1, 0.15) is 31.6 Å². The fourth-order valence-electron chi connectivity index (χ4n) is 3.56. The van der Waals surface area contributed by atoms with E-state index in [9.17, 15) is 8.42 Å². The largest absolute Gasteiger partial charge is 0.493 e. The summed E-state index contributed by atoms with van der Waals surface area (Å²) in [6.07, 6.45) is 1.52. The summed E-state index contributed by atoms with van der Waals surface area (Å²) >= 11 is 3.34. The highest BCUT2D eigenvalue weighted by Crippen LogP contribution is 2.33. The van der Waals surface area contributed by atoms with E-state index < -0.39 is 10.0 Å². The average Bonchev–Trinajstić information content (AvgIpc) is 3.25. The maximum atomic E-state index is 13.0. The van der Waals surface area contributed by atoms with Crippen LogP contribution in [0.3, 0.4) is 0 Å². The van der Waals surface area contributed by atoms with Crippen molar-refractivity contribution >= 4 is 26.0 Å². The molecule has 0 spiro atoms. The van der Waals surface area contributed by atoms with Crippen LogP contribution in [0.15, 0.2) is 62.4 Å². The number of ether oxygens (including phenoxy) is 1. The molecule has 30 heavy (non-hydrogen) atoms. The van der Waals surface area contributed by atoms with Gasteiger partial charge in [-0.15, -0.1) is 0 Å². The van der Waals surface area contributed by atoms with E-state index in [0.29, 0.717) is 37.2 Å².